The summed E-state index contributed by atoms with van der Waals surface area (Å²) in [6.45, 7) is 23.9. The van der Waals surface area contributed by atoms with E-state index in [0.29, 0.717) is 19.0 Å². The van der Waals surface area contributed by atoms with Gasteiger partial charge in [0.1, 0.15) is 23.7 Å². The van der Waals surface area contributed by atoms with Gasteiger partial charge in [-0.25, -0.2) is 14.8 Å². The Labute approximate surface area is 395 Å². The number of aromatic amines is 2. The molecule has 0 aliphatic carbocycles. The maximum atomic E-state index is 14.2. The van der Waals surface area contributed by atoms with Crippen molar-refractivity contribution in [2.75, 3.05) is 32.2 Å². The lowest BCUT2D eigenvalue weighted by Crippen LogP contribution is -2.54. The third kappa shape index (κ3) is 9.58. The second-order valence-electron chi connectivity index (χ2n) is 22.0. The van der Waals surface area contributed by atoms with Gasteiger partial charge < -0.3 is 44.8 Å². The van der Waals surface area contributed by atoms with Crippen molar-refractivity contribution in [2.24, 2.45) is 10.8 Å². The number of hydrogen-bond acceptors (Lipinski definition) is 9. The van der Waals surface area contributed by atoms with Crippen LogP contribution in [0.1, 0.15) is 153 Å². The monoisotopic (exact) mass is 914 g/mol. The predicted octanol–water partition coefficient (Wildman–Crippen LogP) is 10.0. The number of fused-ring (bicyclic) bond motifs is 2. The molecule has 6 atom stereocenters. The molecule has 14 heteroatoms. The summed E-state index contributed by atoms with van der Waals surface area (Å²) in [4.78, 5) is 64.5. The highest BCUT2D eigenvalue weighted by molar-refractivity contribution is 5.87. The van der Waals surface area contributed by atoms with Crippen LogP contribution < -0.4 is 15.5 Å². The quantitative estimate of drug-likeness (QED) is 0.0946. The number of methoxy groups -OCH3 is 2. The Morgan fingerprint density at radius 2 is 1.10 bits per heavy atom. The molecular formula is C53H71N9O5. The van der Waals surface area contributed by atoms with Crippen LogP contribution in [-0.4, -0.2) is 87.0 Å². The number of rotatable bonds is 11. The normalized spacial score (nSPS) is 21.2. The topological polar surface area (TPSA) is 161 Å². The fourth-order valence-corrected chi connectivity index (χ4v) is 10.4. The highest BCUT2D eigenvalue weighted by Gasteiger charge is 2.43. The lowest BCUT2D eigenvalue weighted by Gasteiger charge is -2.36. The summed E-state index contributed by atoms with van der Waals surface area (Å²) in [5.74, 6) is 1.80. The van der Waals surface area contributed by atoms with E-state index in [4.69, 9.17) is 19.4 Å². The molecule has 3 aliphatic heterocycles. The summed E-state index contributed by atoms with van der Waals surface area (Å²) < 4.78 is 10.2. The van der Waals surface area contributed by atoms with E-state index in [2.05, 4.69) is 114 Å². The van der Waals surface area contributed by atoms with Gasteiger partial charge in [-0.15, -0.1) is 0 Å². The van der Waals surface area contributed by atoms with Gasteiger partial charge in [0.25, 0.3) is 0 Å². The number of alkyl carbamates (subject to hydrolysis) is 1. The number of imidazole rings is 2. The number of hydrogen-bond donors (Lipinski definition) is 4. The van der Waals surface area contributed by atoms with Crippen LogP contribution in [-0.2, 0) is 24.5 Å². The molecule has 2 unspecified atom stereocenters. The molecule has 0 spiro atoms. The number of nitrogens with one attached hydrogen (secondary N) is 4. The zero-order chi connectivity index (χ0) is 48.2. The number of H-pyrrole nitrogens is 2. The summed E-state index contributed by atoms with van der Waals surface area (Å²) >= 11 is 0. The minimum absolute atomic E-state index is 0.0128. The van der Waals surface area contributed by atoms with Gasteiger partial charge in [-0.05, 0) is 114 Å². The molecule has 0 radical (unpaired) electrons. The second-order valence-corrected chi connectivity index (χ2v) is 22.0. The van der Waals surface area contributed by atoms with E-state index in [1.165, 1.54) is 23.8 Å². The van der Waals surface area contributed by atoms with Crippen LogP contribution in [0.4, 0.5) is 10.5 Å². The summed E-state index contributed by atoms with van der Waals surface area (Å²) in [6, 6.07) is 20.7. The number of nitrogens with zero attached hydrogens (tertiary/aromatic N) is 5. The Morgan fingerprint density at radius 1 is 0.642 bits per heavy atom. The minimum Gasteiger partial charge on any atom is -0.483 e. The van der Waals surface area contributed by atoms with Crippen molar-refractivity contribution in [2.45, 2.75) is 143 Å². The largest absolute Gasteiger partial charge is 0.483 e. The third-order valence-electron chi connectivity index (χ3n) is 14.2. The van der Waals surface area contributed by atoms with E-state index < -0.39 is 23.6 Å². The lowest BCUT2D eigenvalue weighted by atomic mass is 9.85. The van der Waals surface area contributed by atoms with E-state index in [1.807, 2.05) is 51.3 Å². The lowest BCUT2D eigenvalue weighted by molar-refractivity contribution is -0.138. The Kier molecular flexibility index (Phi) is 12.9. The molecule has 4 N–H and O–H groups in total. The minimum atomic E-state index is -0.753. The molecule has 3 aliphatic rings. The smallest absolute Gasteiger partial charge is 0.407 e. The van der Waals surface area contributed by atoms with Crippen molar-refractivity contribution in [1.29, 1.82) is 0 Å². The van der Waals surface area contributed by atoms with Crippen LogP contribution in [0.2, 0.25) is 0 Å². The predicted molar refractivity (Wildman–Crippen MR) is 263 cm³/mol. The highest BCUT2D eigenvalue weighted by atomic mass is 16.5. The van der Waals surface area contributed by atoms with Crippen LogP contribution in [0, 0.1) is 10.8 Å². The van der Waals surface area contributed by atoms with E-state index in [1.54, 1.807) is 7.11 Å². The van der Waals surface area contributed by atoms with Crippen molar-refractivity contribution in [3.63, 3.8) is 0 Å². The molecule has 5 heterocycles. The first kappa shape index (κ1) is 47.4. The molecule has 0 bridgehead atoms. The van der Waals surface area contributed by atoms with Gasteiger partial charge in [-0.2, -0.15) is 0 Å². The Morgan fingerprint density at radius 3 is 1.52 bits per heavy atom. The first-order valence-corrected chi connectivity index (χ1v) is 24.0. The molecule has 3 fully saturated rings. The standard InChI is InChI=1S/C53H71N9O5/c1-31(66-11)54-44(52(5,6)7)48(63)60-27-13-15-42(60)46-55-36-23-17-32(29-38(36)57-46)40-25-26-41(62(40)35-21-19-34(20-22-35)51(2,3)4)33-18-24-37-39(30-33)58-47(56-37)43-16-14-28-61(43)49(64)45(53(8,9)10)59-50(65)67-12/h17-24,29-30,40-45,54H,1,13-16,25-28H2,2-12H3,(H,55,57)(H,56,58)(H,59,65)/t40-,41?,42+,43+,44?,45-/m1/s1. The number of benzene rings is 3. The van der Waals surface area contributed by atoms with Gasteiger partial charge in [0, 0.05) is 18.8 Å². The molecular weight excluding hydrogens is 843 g/mol. The van der Waals surface area contributed by atoms with Gasteiger partial charge in [-0.1, -0.05) is 86.6 Å². The van der Waals surface area contributed by atoms with Crippen LogP contribution in [0.25, 0.3) is 22.1 Å². The van der Waals surface area contributed by atoms with Crippen molar-refractivity contribution in [3.8, 4) is 0 Å². The molecule has 2 aromatic heterocycles. The maximum Gasteiger partial charge on any atom is 0.407 e. The number of carbonyl (C=O) groups excluding carboxylic acids is 3. The molecule has 358 valence electrons. The summed E-state index contributed by atoms with van der Waals surface area (Å²) in [7, 11) is 2.86. The highest BCUT2D eigenvalue weighted by Crippen LogP contribution is 2.48. The van der Waals surface area contributed by atoms with Gasteiger partial charge in [0.15, 0.2) is 5.88 Å². The molecule has 67 heavy (non-hydrogen) atoms. The molecule has 8 rings (SSSR count). The summed E-state index contributed by atoms with van der Waals surface area (Å²) in [6.07, 6.45) is 4.59. The number of ether oxygens (including phenoxy) is 2. The molecule has 14 nitrogen and oxygen atoms in total. The molecule has 3 amide bonds. The van der Waals surface area contributed by atoms with Crippen LogP contribution in [0.15, 0.2) is 73.1 Å². The van der Waals surface area contributed by atoms with Gasteiger partial charge in [0.2, 0.25) is 11.8 Å². The number of likely N-dealkylation sites (tertiary alicyclic amines) is 2. The SMILES string of the molecule is C=C(NC(C(=O)N1CCC[C@H]1c1nc2ccc([C@H]3CCC(c4ccc5nc([C@@H]6CCCN6C(=O)[C@@H](NC(=O)OC)C(C)(C)C)[nH]c5c4)N3c3ccc(C(C)(C)C)cc3)cc2[nH]1)C(C)(C)C)OC. The van der Waals surface area contributed by atoms with Gasteiger partial charge >= 0.3 is 6.09 Å². The average molecular weight is 914 g/mol. The average Bonchev–Trinajstić information content (AvgIpc) is 4.14. The van der Waals surface area contributed by atoms with Crippen LogP contribution in [0.3, 0.4) is 0 Å². The second kappa shape index (κ2) is 18.2. The summed E-state index contributed by atoms with van der Waals surface area (Å²) in [5, 5.41) is 6.02. The molecule has 5 aromatic rings. The molecule has 0 saturated carbocycles. The number of carbonyl (C=O) groups is 3. The van der Waals surface area contributed by atoms with Crippen molar-refractivity contribution in [3.05, 3.63) is 101 Å². The zero-order valence-corrected chi connectivity index (χ0v) is 41.4. The first-order chi connectivity index (χ1) is 31.7. The zero-order valence-electron chi connectivity index (χ0n) is 41.4. The Bertz CT molecular complexity index is 2480. The van der Waals surface area contributed by atoms with Crippen LogP contribution >= 0.6 is 0 Å². The fourth-order valence-electron chi connectivity index (χ4n) is 10.4. The number of anilines is 1. The third-order valence-corrected chi connectivity index (χ3v) is 14.2. The van der Waals surface area contributed by atoms with E-state index >= 15 is 0 Å². The van der Waals surface area contributed by atoms with Crippen molar-refractivity contribution in [1.82, 2.24) is 40.4 Å². The van der Waals surface area contributed by atoms with Gasteiger partial charge in [-0.3, -0.25) is 9.59 Å². The van der Waals surface area contributed by atoms with E-state index in [9.17, 15) is 14.4 Å². The fraction of sp³-hybridized carbons (Fsp3) is 0.528. The molecule has 3 saturated heterocycles. The summed E-state index contributed by atoms with van der Waals surface area (Å²) in [5.41, 5.74) is 7.55. The van der Waals surface area contributed by atoms with Crippen molar-refractivity contribution >= 4 is 45.7 Å². The Hall–Kier alpha value is -6.05. The maximum absolute atomic E-state index is 14.2. The van der Waals surface area contributed by atoms with E-state index in [0.717, 1.165) is 77.9 Å². The Balaban J connectivity index is 1.09. The van der Waals surface area contributed by atoms with Crippen LogP contribution in [0.5, 0.6) is 0 Å². The molecule has 3 aromatic carbocycles. The van der Waals surface area contributed by atoms with Crippen molar-refractivity contribution < 1.29 is 23.9 Å². The first-order valence-electron chi connectivity index (χ1n) is 24.0. The van der Waals surface area contributed by atoms with E-state index in [-0.39, 0.29) is 46.8 Å². The van der Waals surface area contributed by atoms with Gasteiger partial charge in [0.05, 0.1) is 60.5 Å². The number of amides is 3. The number of aromatic nitrogens is 4.